The first-order chi connectivity index (χ1) is 5.29. The van der Waals surface area contributed by atoms with Crippen LogP contribution in [0.1, 0.15) is 19.3 Å². The predicted molar refractivity (Wildman–Crippen MR) is 42.8 cm³/mol. The summed E-state index contributed by atoms with van der Waals surface area (Å²) in [5, 5.41) is 10.5. The molecule has 4 nitrogen and oxygen atoms in total. The van der Waals surface area contributed by atoms with Gasteiger partial charge in [0.25, 0.3) is 0 Å². The van der Waals surface area contributed by atoms with Crippen LogP contribution in [0, 0.1) is 10.9 Å². The Kier molecular flexibility index (Phi) is 2.36. The Morgan fingerprint density at radius 2 is 2.36 bits per heavy atom. The van der Waals surface area contributed by atoms with Gasteiger partial charge in [-0.15, -0.1) is 0 Å². The Balaban J connectivity index is 2.89. The maximum absolute atomic E-state index is 7.06. The lowest BCUT2D eigenvalue weighted by Gasteiger charge is -2.19. The van der Waals surface area contributed by atoms with Gasteiger partial charge in [-0.3, -0.25) is 0 Å². The molecule has 0 fully saturated rings. The molecular weight excluding hydrogens is 140 g/mol. The van der Waals surface area contributed by atoms with Crippen molar-refractivity contribution in [2.75, 3.05) is 0 Å². The van der Waals surface area contributed by atoms with Gasteiger partial charge < -0.3 is 11.1 Å². The molecule has 4 N–H and O–H groups in total. The molecular formula is C7H12N4. The average Bonchev–Trinajstić information content (AvgIpc) is 2.04. The van der Waals surface area contributed by atoms with Crippen LogP contribution in [0.5, 0.6) is 0 Å². The number of nitrogens with two attached hydrogens (primary N) is 1. The maximum Gasteiger partial charge on any atom is 0.0986 e. The second kappa shape index (κ2) is 3.27. The van der Waals surface area contributed by atoms with Gasteiger partial charge in [0.2, 0.25) is 0 Å². The van der Waals surface area contributed by atoms with Crippen LogP contribution >= 0.6 is 0 Å². The first-order valence-corrected chi connectivity index (χ1v) is 3.65. The van der Waals surface area contributed by atoms with Crippen LogP contribution in [0.4, 0.5) is 0 Å². The Hall–Kier alpha value is -1.19. The van der Waals surface area contributed by atoms with E-state index in [1.54, 1.807) is 0 Å². The minimum absolute atomic E-state index is 0.152. The van der Waals surface area contributed by atoms with E-state index < -0.39 is 0 Å². The highest BCUT2D eigenvalue weighted by atomic mass is 15.0. The fourth-order valence-corrected chi connectivity index (χ4v) is 1.32. The molecule has 0 amide bonds. The summed E-state index contributed by atoms with van der Waals surface area (Å²) in [7, 11) is 0. The van der Waals surface area contributed by atoms with Gasteiger partial charge in [0, 0.05) is 17.5 Å². The molecule has 1 rings (SSSR count). The second-order valence-electron chi connectivity index (χ2n) is 2.66. The van der Waals surface area contributed by atoms with Crippen LogP contribution in [0.25, 0.3) is 0 Å². The van der Waals surface area contributed by atoms with Gasteiger partial charge in [-0.1, -0.05) is 0 Å². The van der Waals surface area contributed by atoms with E-state index in [1.807, 2.05) is 0 Å². The molecule has 1 aliphatic rings. The van der Waals surface area contributed by atoms with E-state index in [0.717, 1.165) is 30.5 Å². The Morgan fingerprint density at radius 1 is 1.64 bits per heavy atom. The van der Waals surface area contributed by atoms with Gasteiger partial charge in [0.05, 0.1) is 6.04 Å². The zero-order valence-electron chi connectivity index (χ0n) is 6.30. The van der Waals surface area contributed by atoms with Crippen molar-refractivity contribution in [2.45, 2.75) is 25.3 Å². The Bertz CT molecular complexity index is 206. The summed E-state index contributed by atoms with van der Waals surface area (Å²) in [6.07, 6.45) is 3.90. The third-order valence-corrected chi connectivity index (χ3v) is 1.96. The van der Waals surface area contributed by atoms with E-state index in [4.69, 9.17) is 16.7 Å². The van der Waals surface area contributed by atoms with Crippen LogP contribution in [-0.2, 0) is 0 Å². The molecule has 0 bridgehead atoms. The summed E-state index contributed by atoms with van der Waals surface area (Å²) in [5.41, 5.74) is 14.0. The average molecular weight is 152 g/mol. The van der Waals surface area contributed by atoms with Crippen LogP contribution in [-0.4, -0.2) is 12.3 Å². The fourth-order valence-electron chi connectivity index (χ4n) is 1.32. The molecule has 0 saturated carbocycles. The summed E-state index contributed by atoms with van der Waals surface area (Å²) in [5.74, 6) is 0. The maximum atomic E-state index is 7.06. The normalized spacial score (nSPS) is 24.9. The van der Waals surface area contributed by atoms with Crippen LogP contribution in [0.3, 0.4) is 0 Å². The van der Waals surface area contributed by atoms with Crippen LogP contribution < -0.4 is 5.73 Å². The van der Waals surface area contributed by atoms with Gasteiger partial charge in [0.15, 0.2) is 0 Å². The lowest BCUT2D eigenvalue weighted by Crippen LogP contribution is -2.20. The molecule has 0 heterocycles. The quantitative estimate of drug-likeness (QED) is 0.405. The highest BCUT2D eigenvalue weighted by molar-refractivity contribution is 5.78. The molecule has 0 aliphatic heterocycles. The van der Waals surface area contributed by atoms with Gasteiger partial charge in [0.1, 0.15) is 0 Å². The van der Waals surface area contributed by atoms with E-state index in [2.05, 4.69) is 5.11 Å². The largest absolute Gasteiger partial charge is 0.402 e. The van der Waals surface area contributed by atoms with Gasteiger partial charge >= 0.3 is 0 Å². The number of rotatable bonds is 2. The lowest BCUT2D eigenvalue weighted by atomic mass is 9.93. The number of nitrogens with zero attached hydrogens (tertiary/aromatic N) is 1. The zero-order chi connectivity index (χ0) is 8.27. The number of hydrogen-bond donors (Lipinski definition) is 3. The Labute approximate surface area is 65.5 Å². The number of nitrogens with one attached hydrogen (secondary N) is 2. The van der Waals surface area contributed by atoms with Crippen molar-refractivity contribution in [2.24, 2.45) is 10.8 Å². The van der Waals surface area contributed by atoms with E-state index in [-0.39, 0.29) is 6.04 Å². The van der Waals surface area contributed by atoms with E-state index in [9.17, 15) is 0 Å². The summed E-state index contributed by atoms with van der Waals surface area (Å²) in [4.78, 5) is 0. The smallest absolute Gasteiger partial charge is 0.0986 e. The summed E-state index contributed by atoms with van der Waals surface area (Å²) in [6, 6.07) is -0.152. The third kappa shape index (κ3) is 1.45. The molecule has 11 heavy (non-hydrogen) atoms. The molecule has 0 saturated heterocycles. The standard InChI is InChI=1S/C7H12N4/c8-4-5-6(9)2-1-3-7(5)11-10/h4,7-8,10H,1-3,9H2/t7-/m0/s1. The minimum Gasteiger partial charge on any atom is -0.402 e. The van der Waals surface area contributed by atoms with Crippen molar-refractivity contribution < 1.29 is 0 Å². The first-order valence-electron chi connectivity index (χ1n) is 3.65. The monoisotopic (exact) mass is 152 g/mol. The molecule has 0 aromatic carbocycles. The molecule has 0 radical (unpaired) electrons. The van der Waals surface area contributed by atoms with Crippen molar-refractivity contribution in [3.8, 4) is 0 Å². The second-order valence-corrected chi connectivity index (χ2v) is 2.66. The first kappa shape index (κ1) is 7.91. The summed E-state index contributed by atoms with van der Waals surface area (Å²) in [6.45, 7) is 0. The molecule has 1 atom stereocenters. The topological polar surface area (TPSA) is 86.1 Å². The van der Waals surface area contributed by atoms with Crippen LogP contribution in [0.2, 0.25) is 0 Å². The SMILES string of the molecule is N=CC1=C(N)CCC[C@@H]1N=N. The van der Waals surface area contributed by atoms with Crippen molar-refractivity contribution in [1.82, 2.24) is 0 Å². The summed E-state index contributed by atoms with van der Waals surface area (Å²) >= 11 is 0. The molecule has 0 spiro atoms. The molecule has 1 aliphatic carbocycles. The fraction of sp³-hybridized carbons (Fsp3) is 0.571. The summed E-state index contributed by atoms with van der Waals surface area (Å²) < 4.78 is 0. The van der Waals surface area contributed by atoms with Crippen LogP contribution in [0.15, 0.2) is 16.4 Å². The molecule has 0 unspecified atom stereocenters. The van der Waals surface area contributed by atoms with Gasteiger partial charge in [-0.05, 0) is 19.3 Å². The van der Waals surface area contributed by atoms with E-state index in [1.165, 1.54) is 6.21 Å². The van der Waals surface area contributed by atoms with Gasteiger partial charge in [-0.25, -0.2) is 5.53 Å². The van der Waals surface area contributed by atoms with Gasteiger partial charge in [-0.2, -0.15) is 5.11 Å². The lowest BCUT2D eigenvalue weighted by molar-refractivity contribution is 0.582. The van der Waals surface area contributed by atoms with Crippen molar-refractivity contribution in [3.05, 3.63) is 11.3 Å². The number of allylic oxidation sites excluding steroid dienone is 1. The highest BCUT2D eigenvalue weighted by Gasteiger charge is 2.18. The third-order valence-electron chi connectivity index (χ3n) is 1.96. The molecule has 60 valence electrons. The molecule has 0 aromatic rings. The molecule has 4 heteroatoms. The van der Waals surface area contributed by atoms with Crippen molar-refractivity contribution in [3.63, 3.8) is 0 Å². The van der Waals surface area contributed by atoms with Crippen molar-refractivity contribution in [1.29, 1.82) is 10.9 Å². The van der Waals surface area contributed by atoms with E-state index >= 15 is 0 Å². The highest BCUT2D eigenvalue weighted by Crippen LogP contribution is 2.22. The molecule has 0 aromatic heterocycles. The van der Waals surface area contributed by atoms with Crippen molar-refractivity contribution >= 4 is 6.21 Å². The Morgan fingerprint density at radius 3 is 2.82 bits per heavy atom. The minimum atomic E-state index is -0.152. The van der Waals surface area contributed by atoms with E-state index in [0.29, 0.717) is 0 Å². The number of hydrogen-bond acceptors (Lipinski definition) is 4. The predicted octanol–water partition coefficient (Wildman–Crippen LogP) is 1.43. The zero-order valence-corrected chi connectivity index (χ0v) is 6.30.